The standard InChI is InChI=1S/C15H15BrN4S/c1-2-21-13-6-4-3-5-12(13)17-7-11-8-19-15-9-18-14(16)10-20(11)15/h3-6,8-10,17H,2,7H2,1H3. The van der Waals surface area contributed by atoms with Gasteiger partial charge in [-0.3, -0.25) is 4.40 Å². The van der Waals surface area contributed by atoms with Gasteiger partial charge in [-0.2, -0.15) is 0 Å². The van der Waals surface area contributed by atoms with E-state index in [0.29, 0.717) is 0 Å². The Morgan fingerprint density at radius 3 is 2.95 bits per heavy atom. The molecule has 3 aromatic rings. The van der Waals surface area contributed by atoms with Gasteiger partial charge in [-0.25, -0.2) is 9.97 Å². The molecule has 2 heterocycles. The molecule has 6 heteroatoms. The first-order valence-electron chi connectivity index (χ1n) is 6.71. The van der Waals surface area contributed by atoms with Crippen LogP contribution >= 0.6 is 27.7 Å². The molecule has 0 aliphatic heterocycles. The Bertz CT molecular complexity index is 756. The lowest BCUT2D eigenvalue weighted by molar-refractivity contribution is 0.979. The topological polar surface area (TPSA) is 42.2 Å². The van der Waals surface area contributed by atoms with Gasteiger partial charge in [-0.1, -0.05) is 19.1 Å². The molecule has 0 bridgehead atoms. The first-order valence-corrected chi connectivity index (χ1v) is 8.49. The summed E-state index contributed by atoms with van der Waals surface area (Å²) < 4.78 is 2.84. The van der Waals surface area contributed by atoms with E-state index >= 15 is 0 Å². The van der Waals surface area contributed by atoms with E-state index in [1.54, 1.807) is 6.20 Å². The number of halogens is 1. The van der Waals surface area contributed by atoms with Crippen molar-refractivity contribution in [3.63, 3.8) is 0 Å². The SMILES string of the molecule is CCSc1ccccc1NCc1cnc2cnc(Br)cn12. The van der Waals surface area contributed by atoms with Gasteiger partial charge in [0.15, 0.2) is 5.65 Å². The number of nitrogens with zero attached hydrogens (tertiary/aromatic N) is 3. The molecule has 0 spiro atoms. The fourth-order valence-corrected chi connectivity index (χ4v) is 3.22. The average Bonchev–Trinajstić information content (AvgIpc) is 2.89. The lowest BCUT2D eigenvalue weighted by Gasteiger charge is -2.11. The number of imidazole rings is 1. The molecule has 0 atom stereocenters. The van der Waals surface area contributed by atoms with E-state index in [1.165, 1.54) is 4.90 Å². The van der Waals surface area contributed by atoms with Crippen LogP contribution in [0.25, 0.3) is 5.65 Å². The molecule has 0 unspecified atom stereocenters. The number of hydrogen-bond acceptors (Lipinski definition) is 4. The van der Waals surface area contributed by atoms with Crippen LogP contribution in [0.1, 0.15) is 12.6 Å². The Kier molecular flexibility index (Phi) is 4.45. The second-order valence-electron chi connectivity index (χ2n) is 4.47. The molecule has 2 aromatic heterocycles. The van der Waals surface area contributed by atoms with Crippen molar-refractivity contribution in [3.05, 3.63) is 53.2 Å². The quantitative estimate of drug-likeness (QED) is 0.690. The summed E-state index contributed by atoms with van der Waals surface area (Å²) in [6, 6.07) is 8.38. The van der Waals surface area contributed by atoms with Crippen LogP contribution in [0.5, 0.6) is 0 Å². The molecule has 0 fully saturated rings. The van der Waals surface area contributed by atoms with E-state index < -0.39 is 0 Å². The third kappa shape index (κ3) is 3.22. The molecule has 1 N–H and O–H groups in total. The van der Waals surface area contributed by atoms with Crippen LogP contribution < -0.4 is 5.32 Å². The van der Waals surface area contributed by atoms with Gasteiger partial charge >= 0.3 is 0 Å². The van der Waals surface area contributed by atoms with Crippen LogP contribution in [0.2, 0.25) is 0 Å². The zero-order valence-electron chi connectivity index (χ0n) is 11.6. The van der Waals surface area contributed by atoms with Crippen LogP contribution in [-0.2, 0) is 6.54 Å². The Labute approximate surface area is 136 Å². The van der Waals surface area contributed by atoms with Gasteiger partial charge in [-0.15, -0.1) is 11.8 Å². The minimum absolute atomic E-state index is 0.721. The molecule has 0 saturated carbocycles. The maximum Gasteiger partial charge on any atom is 0.155 e. The molecule has 0 amide bonds. The number of hydrogen-bond donors (Lipinski definition) is 1. The number of rotatable bonds is 5. The van der Waals surface area contributed by atoms with E-state index in [1.807, 2.05) is 28.6 Å². The van der Waals surface area contributed by atoms with Crippen LogP contribution in [0.15, 0.2) is 52.4 Å². The van der Waals surface area contributed by atoms with E-state index in [2.05, 4.69) is 62.4 Å². The van der Waals surface area contributed by atoms with Gasteiger partial charge in [-0.05, 0) is 33.8 Å². The van der Waals surface area contributed by atoms with Gasteiger partial charge in [0.25, 0.3) is 0 Å². The maximum atomic E-state index is 4.37. The van der Waals surface area contributed by atoms with E-state index in [4.69, 9.17) is 0 Å². The van der Waals surface area contributed by atoms with Gasteiger partial charge in [0, 0.05) is 16.8 Å². The second kappa shape index (κ2) is 6.49. The zero-order chi connectivity index (χ0) is 14.7. The molecule has 0 radical (unpaired) electrons. The van der Waals surface area contributed by atoms with Crippen molar-refractivity contribution in [1.82, 2.24) is 14.4 Å². The third-order valence-corrected chi connectivity index (χ3v) is 4.45. The molecule has 3 rings (SSSR count). The second-order valence-corrected chi connectivity index (χ2v) is 6.59. The van der Waals surface area contributed by atoms with Crippen molar-refractivity contribution in [2.24, 2.45) is 0 Å². The van der Waals surface area contributed by atoms with Crippen LogP contribution in [0.4, 0.5) is 5.69 Å². The highest BCUT2D eigenvalue weighted by molar-refractivity contribution is 9.10. The van der Waals surface area contributed by atoms with Crippen molar-refractivity contribution in [1.29, 1.82) is 0 Å². The fraction of sp³-hybridized carbons (Fsp3) is 0.200. The molecule has 0 aliphatic rings. The number of thioether (sulfide) groups is 1. The molecular weight excluding hydrogens is 348 g/mol. The summed E-state index contributed by atoms with van der Waals surface area (Å²) in [5.41, 5.74) is 3.11. The summed E-state index contributed by atoms with van der Waals surface area (Å²) in [4.78, 5) is 9.83. The summed E-state index contributed by atoms with van der Waals surface area (Å²) in [6.07, 6.45) is 5.58. The fourth-order valence-electron chi connectivity index (χ4n) is 2.13. The highest BCUT2D eigenvalue weighted by atomic mass is 79.9. The Morgan fingerprint density at radius 1 is 1.24 bits per heavy atom. The molecule has 1 aromatic carbocycles. The smallest absolute Gasteiger partial charge is 0.155 e. The highest BCUT2D eigenvalue weighted by Crippen LogP contribution is 2.27. The van der Waals surface area contributed by atoms with E-state index in [9.17, 15) is 0 Å². The molecule has 4 nitrogen and oxygen atoms in total. The predicted octanol–water partition coefficient (Wildman–Crippen LogP) is 4.22. The van der Waals surface area contributed by atoms with Gasteiger partial charge in [0.1, 0.15) is 4.60 Å². The van der Waals surface area contributed by atoms with Crippen molar-refractivity contribution in [2.75, 3.05) is 11.1 Å². The van der Waals surface area contributed by atoms with Crippen LogP contribution in [0.3, 0.4) is 0 Å². The number of fused-ring (bicyclic) bond motifs is 1. The summed E-state index contributed by atoms with van der Waals surface area (Å²) in [5, 5.41) is 3.49. The lowest BCUT2D eigenvalue weighted by atomic mass is 10.3. The van der Waals surface area contributed by atoms with Crippen molar-refractivity contribution in [2.45, 2.75) is 18.4 Å². The van der Waals surface area contributed by atoms with Crippen LogP contribution in [0, 0.1) is 0 Å². The lowest BCUT2D eigenvalue weighted by Crippen LogP contribution is -2.03. The molecule has 0 saturated heterocycles. The number of anilines is 1. The summed E-state index contributed by atoms with van der Waals surface area (Å²) in [6.45, 7) is 2.88. The average molecular weight is 363 g/mol. The Morgan fingerprint density at radius 2 is 2.10 bits per heavy atom. The minimum atomic E-state index is 0.721. The van der Waals surface area contributed by atoms with Gasteiger partial charge in [0.05, 0.1) is 24.6 Å². The normalized spacial score (nSPS) is 11.0. The van der Waals surface area contributed by atoms with Crippen LogP contribution in [-0.4, -0.2) is 20.1 Å². The van der Waals surface area contributed by atoms with Gasteiger partial charge in [0.2, 0.25) is 0 Å². The van der Waals surface area contributed by atoms with Crippen molar-refractivity contribution in [3.8, 4) is 0 Å². The number of benzene rings is 1. The number of nitrogens with one attached hydrogen (secondary N) is 1. The first kappa shape index (κ1) is 14.4. The Balaban J connectivity index is 1.82. The molecule has 108 valence electrons. The first-order chi connectivity index (χ1) is 10.3. The molecule has 0 aliphatic carbocycles. The number of para-hydroxylation sites is 1. The summed E-state index contributed by atoms with van der Waals surface area (Å²) >= 11 is 5.24. The minimum Gasteiger partial charge on any atom is -0.378 e. The third-order valence-electron chi connectivity index (χ3n) is 3.09. The summed E-state index contributed by atoms with van der Waals surface area (Å²) in [5.74, 6) is 1.06. The monoisotopic (exact) mass is 362 g/mol. The van der Waals surface area contributed by atoms with Crippen molar-refractivity contribution >= 4 is 39.0 Å². The zero-order valence-corrected chi connectivity index (χ0v) is 14.0. The largest absolute Gasteiger partial charge is 0.378 e. The van der Waals surface area contributed by atoms with E-state index in [0.717, 1.165) is 33.9 Å². The molecular formula is C15H15BrN4S. The predicted molar refractivity (Wildman–Crippen MR) is 90.9 cm³/mol. The molecule has 21 heavy (non-hydrogen) atoms. The van der Waals surface area contributed by atoms with Gasteiger partial charge < -0.3 is 5.32 Å². The van der Waals surface area contributed by atoms with E-state index in [-0.39, 0.29) is 0 Å². The summed E-state index contributed by atoms with van der Waals surface area (Å²) in [7, 11) is 0. The highest BCUT2D eigenvalue weighted by Gasteiger charge is 2.06. The Hall–Kier alpha value is -1.53. The maximum absolute atomic E-state index is 4.37. The van der Waals surface area contributed by atoms with Crippen molar-refractivity contribution < 1.29 is 0 Å². The number of aromatic nitrogens is 3.